The second-order valence-corrected chi connectivity index (χ2v) is 8.36. The molecule has 2 aromatic rings. The number of ether oxygens (including phenoxy) is 1. The Balaban J connectivity index is 0.000000440. The van der Waals surface area contributed by atoms with E-state index in [0.717, 1.165) is 30.6 Å². The zero-order valence-corrected chi connectivity index (χ0v) is 19.6. The number of anilines is 1. The van der Waals surface area contributed by atoms with Crippen molar-refractivity contribution in [3.8, 4) is 0 Å². The minimum Gasteiger partial charge on any atom is -0.478 e. The van der Waals surface area contributed by atoms with Crippen LogP contribution >= 0.6 is 0 Å². The summed E-state index contributed by atoms with van der Waals surface area (Å²) in [4.78, 5) is 34.5. The van der Waals surface area contributed by atoms with E-state index in [-0.39, 0.29) is 0 Å². The molecular weight excluding hydrogens is 438 g/mol. The van der Waals surface area contributed by atoms with Crippen LogP contribution < -0.4 is 10.6 Å². The fourth-order valence-corrected chi connectivity index (χ4v) is 3.68. The van der Waals surface area contributed by atoms with Crippen molar-refractivity contribution in [1.82, 2.24) is 10.3 Å². The Hall–Kier alpha value is -3.59. The molecule has 0 saturated carbocycles. The first-order valence-corrected chi connectivity index (χ1v) is 11.2. The third-order valence-electron chi connectivity index (χ3n) is 5.27. The molecule has 9 nitrogen and oxygen atoms in total. The van der Waals surface area contributed by atoms with Gasteiger partial charge in [0.1, 0.15) is 0 Å². The number of aliphatic carboxylic acids is 2. The highest BCUT2D eigenvalue weighted by atomic mass is 16.5. The van der Waals surface area contributed by atoms with Crippen LogP contribution in [-0.4, -0.2) is 52.4 Å². The lowest BCUT2D eigenvalue weighted by Crippen LogP contribution is -2.31. The van der Waals surface area contributed by atoms with Crippen LogP contribution in [0, 0.1) is 5.92 Å². The number of rotatable bonds is 9. The van der Waals surface area contributed by atoms with Gasteiger partial charge in [0.05, 0.1) is 6.61 Å². The highest BCUT2D eigenvalue weighted by Crippen LogP contribution is 2.33. The molecule has 1 atom stereocenters. The summed E-state index contributed by atoms with van der Waals surface area (Å²) in [7, 11) is 0. The number of hydrogen-bond acceptors (Lipinski definition) is 5. The van der Waals surface area contributed by atoms with Crippen LogP contribution in [0.5, 0.6) is 0 Å². The molecule has 3 rings (SSSR count). The predicted molar refractivity (Wildman–Crippen MR) is 131 cm³/mol. The quantitative estimate of drug-likeness (QED) is 0.211. The molecule has 9 heteroatoms. The third kappa shape index (κ3) is 8.74. The smallest absolute Gasteiger partial charge is 0.411 e. The molecule has 1 unspecified atom stereocenters. The van der Waals surface area contributed by atoms with Crippen LogP contribution in [0.4, 0.5) is 10.5 Å². The molecular formula is C25H33N3O6. The number of benzene rings is 1. The average molecular weight is 472 g/mol. The van der Waals surface area contributed by atoms with Crippen LogP contribution in [0.25, 0.3) is 10.9 Å². The van der Waals surface area contributed by atoms with Crippen molar-refractivity contribution >= 4 is 34.6 Å². The van der Waals surface area contributed by atoms with E-state index >= 15 is 0 Å². The maximum atomic E-state index is 11.9. The minimum absolute atomic E-state index is 0.349. The van der Waals surface area contributed by atoms with Crippen molar-refractivity contribution < 1.29 is 29.3 Å². The molecule has 0 spiro atoms. The summed E-state index contributed by atoms with van der Waals surface area (Å²) in [6, 6.07) is 6.52. The highest BCUT2D eigenvalue weighted by Gasteiger charge is 2.22. The predicted octanol–water partition coefficient (Wildman–Crippen LogP) is 4.11. The Morgan fingerprint density at radius 2 is 1.94 bits per heavy atom. The molecule has 1 aliphatic carbocycles. The van der Waals surface area contributed by atoms with E-state index in [2.05, 4.69) is 42.1 Å². The zero-order chi connectivity index (χ0) is 25.1. The molecule has 5 N–H and O–H groups in total. The Labute approximate surface area is 198 Å². The van der Waals surface area contributed by atoms with Gasteiger partial charge in [-0.2, -0.15) is 0 Å². The molecule has 0 saturated heterocycles. The van der Waals surface area contributed by atoms with Gasteiger partial charge in [-0.25, -0.2) is 14.4 Å². The van der Waals surface area contributed by atoms with Crippen LogP contribution in [-0.2, 0) is 27.2 Å². The fourth-order valence-electron chi connectivity index (χ4n) is 3.68. The van der Waals surface area contributed by atoms with E-state index in [1.54, 1.807) is 6.08 Å². The van der Waals surface area contributed by atoms with Gasteiger partial charge in [0.2, 0.25) is 0 Å². The lowest BCUT2D eigenvalue weighted by molar-refractivity contribution is -0.134. The number of aromatic amines is 1. The van der Waals surface area contributed by atoms with Gasteiger partial charge in [-0.1, -0.05) is 19.9 Å². The second-order valence-electron chi connectivity index (χ2n) is 8.36. The van der Waals surface area contributed by atoms with Crippen molar-refractivity contribution in [1.29, 1.82) is 0 Å². The number of carbonyl (C=O) groups is 3. The summed E-state index contributed by atoms with van der Waals surface area (Å²) in [5.41, 5.74) is 4.64. The SMILES string of the molecule is C=CCCOC(=O)Nc1ccc2[nH]c3c(c2c1)CC(CNC(C)C)CC3.O=C(O)/C=C\C(=O)O. The molecule has 0 bridgehead atoms. The van der Waals surface area contributed by atoms with Crippen molar-refractivity contribution in [2.75, 3.05) is 18.5 Å². The Bertz CT molecular complexity index is 1020. The molecule has 184 valence electrons. The molecule has 1 amide bonds. The summed E-state index contributed by atoms with van der Waals surface area (Å²) in [6.45, 7) is 9.39. The number of carboxylic acid groups (broad SMARTS) is 2. The number of H-pyrrole nitrogens is 1. The summed E-state index contributed by atoms with van der Waals surface area (Å²) in [6.07, 6.45) is 6.45. The summed E-state index contributed by atoms with van der Waals surface area (Å²) in [5.74, 6) is -1.86. The number of amides is 1. The highest BCUT2D eigenvalue weighted by molar-refractivity contribution is 5.92. The Morgan fingerprint density at radius 1 is 1.24 bits per heavy atom. The van der Waals surface area contributed by atoms with Gasteiger partial charge < -0.3 is 25.3 Å². The maximum absolute atomic E-state index is 11.9. The van der Waals surface area contributed by atoms with E-state index in [1.165, 1.54) is 23.1 Å². The summed E-state index contributed by atoms with van der Waals surface area (Å²) >= 11 is 0. The van der Waals surface area contributed by atoms with Crippen LogP contribution in [0.2, 0.25) is 0 Å². The minimum atomic E-state index is -1.26. The van der Waals surface area contributed by atoms with Crippen LogP contribution in [0.15, 0.2) is 43.0 Å². The van der Waals surface area contributed by atoms with E-state index in [0.29, 0.717) is 37.1 Å². The largest absolute Gasteiger partial charge is 0.478 e. The molecule has 34 heavy (non-hydrogen) atoms. The van der Waals surface area contributed by atoms with Gasteiger partial charge in [0.15, 0.2) is 0 Å². The van der Waals surface area contributed by atoms with E-state index < -0.39 is 18.0 Å². The summed E-state index contributed by atoms with van der Waals surface area (Å²) in [5, 5.41) is 23.2. The summed E-state index contributed by atoms with van der Waals surface area (Å²) < 4.78 is 5.13. The first-order chi connectivity index (χ1) is 16.2. The normalized spacial score (nSPS) is 14.9. The van der Waals surface area contributed by atoms with E-state index in [9.17, 15) is 14.4 Å². The Kier molecular flexibility index (Phi) is 10.3. The van der Waals surface area contributed by atoms with Crippen molar-refractivity contribution in [2.45, 2.75) is 45.6 Å². The fraction of sp³-hybridized carbons (Fsp3) is 0.400. The van der Waals surface area contributed by atoms with Gasteiger partial charge in [-0.05, 0) is 61.9 Å². The molecule has 1 aliphatic rings. The van der Waals surface area contributed by atoms with Gasteiger partial charge in [0, 0.05) is 40.5 Å². The van der Waals surface area contributed by atoms with Gasteiger partial charge in [0.25, 0.3) is 0 Å². The van der Waals surface area contributed by atoms with Crippen molar-refractivity contribution in [3.05, 3.63) is 54.3 Å². The third-order valence-corrected chi connectivity index (χ3v) is 5.27. The maximum Gasteiger partial charge on any atom is 0.411 e. The first kappa shape index (κ1) is 26.7. The van der Waals surface area contributed by atoms with E-state index in [1.807, 2.05) is 12.1 Å². The lowest BCUT2D eigenvalue weighted by atomic mass is 9.86. The van der Waals surface area contributed by atoms with Crippen molar-refractivity contribution in [3.63, 3.8) is 0 Å². The van der Waals surface area contributed by atoms with Crippen LogP contribution in [0.1, 0.15) is 37.9 Å². The van der Waals surface area contributed by atoms with Gasteiger partial charge in [-0.15, -0.1) is 6.58 Å². The standard InChI is InChI=1S/C21H29N3O2.C4H4O4/c1-4-5-10-26-21(25)23-16-7-9-20-18(12-16)17-11-15(13-22-14(2)3)6-8-19(17)24-20;5-3(6)1-2-4(7)8/h4,7,9,12,14-15,22,24H,1,5-6,8,10-11,13H2,2-3H3,(H,23,25);1-2H,(H,5,6)(H,7,8)/b;2-1-. The molecule has 0 fully saturated rings. The van der Waals surface area contributed by atoms with E-state index in [4.69, 9.17) is 14.9 Å². The van der Waals surface area contributed by atoms with Gasteiger partial charge in [-0.3, -0.25) is 5.32 Å². The second kappa shape index (κ2) is 13.2. The van der Waals surface area contributed by atoms with Crippen molar-refractivity contribution in [2.24, 2.45) is 5.92 Å². The number of hydrogen-bond donors (Lipinski definition) is 5. The number of aromatic nitrogens is 1. The average Bonchev–Trinajstić information content (AvgIpc) is 3.14. The topological polar surface area (TPSA) is 141 Å². The molecule has 0 aliphatic heterocycles. The number of nitrogens with one attached hydrogen (secondary N) is 3. The first-order valence-electron chi connectivity index (χ1n) is 11.2. The van der Waals surface area contributed by atoms with Crippen LogP contribution in [0.3, 0.4) is 0 Å². The zero-order valence-electron chi connectivity index (χ0n) is 19.6. The molecule has 1 aromatic carbocycles. The van der Waals surface area contributed by atoms with Gasteiger partial charge >= 0.3 is 18.0 Å². The monoisotopic (exact) mass is 471 g/mol. The molecule has 1 aromatic heterocycles. The molecule has 1 heterocycles. The number of carbonyl (C=O) groups excluding carboxylic acids is 1. The number of fused-ring (bicyclic) bond motifs is 3. The number of carboxylic acids is 2. The number of aryl methyl sites for hydroxylation is 1. The Morgan fingerprint density at radius 3 is 2.56 bits per heavy atom. The molecule has 0 radical (unpaired) electrons. The lowest BCUT2D eigenvalue weighted by Gasteiger charge is -2.24.